The molecule has 2 N–H and O–H groups in total. The van der Waals surface area contributed by atoms with Crippen molar-refractivity contribution in [2.75, 3.05) is 0 Å². The summed E-state index contributed by atoms with van der Waals surface area (Å²) in [6.07, 6.45) is 3.89. The lowest BCUT2D eigenvalue weighted by Gasteiger charge is -2.18. The Kier molecular flexibility index (Phi) is 3.84. The quantitative estimate of drug-likeness (QED) is 0.619. The Morgan fingerprint density at radius 1 is 0.750 bits per heavy atom. The minimum Gasteiger partial charge on any atom is -0.504 e. The summed E-state index contributed by atoms with van der Waals surface area (Å²) in [4.78, 5) is 0. The van der Waals surface area contributed by atoms with Crippen LogP contribution in [0, 0.1) is 0 Å². The van der Waals surface area contributed by atoms with Gasteiger partial charge in [-0.3, -0.25) is 0 Å². The van der Waals surface area contributed by atoms with E-state index in [1.807, 2.05) is 12.2 Å². The van der Waals surface area contributed by atoms with E-state index in [1.165, 1.54) is 17.7 Å². The molecular formula is C18H20O2. The molecule has 20 heavy (non-hydrogen) atoms. The van der Waals surface area contributed by atoms with E-state index < -0.39 is 0 Å². The molecule has 0 aliphatic rings. The van der Waals surface area contributed by atoms with Gasteiger partial charge in [-0.05, 0) is 34.2 Å². The van der Waals surface area contributed by atoms with E-state index in [0.29, 0.717) is 0 Å². The average Bonchev–Trinajstić information content (AvgIpc) is 2.40. The summed E-state index contributed by atoms with van der Waals surface area (Å²) in [6.45, 7) is 6.57. The normalized spacial score (nSPS) is 11.9. The minimum absolute atomic E-state index is 0.100. The Morgan fingerprint density at radius 3 is 1.85 bits per heavy atom. The average molecular weight is 268 g/mol. The lowest BCUT2D eigenvalue weighted by molar-refractivity contribution is 0.403. The predicted molar refractivity (Wildman–Crippen MR) is 83.8 cm³/mol. The van der Waals surface area contributed by atoms with Crippen LogP contribution in [0.1, 0.15) is 37.5 Å². The number of phenols is 2. The molecule has 0 aliphatic heterocycles. The van der Waals surface area contributed by atoms with Gasteiger partial charge in [-0.25, -0.2) is 0 Å². The van der Waals surface area contributed by atoms with Crippen molar-refractivity contribution in [3.8, 4) is 11.5 Å². The highest BCUT2D eigenvalue weighted by atomic mass is 16.3. The first kappa shape index (κ1) is 14.2. The molecule has 0 bridgehead atoms. The molecular weight excluding hydrogens is 248 g/mol. The van der Waals surface area contributed by atoms with Crippen LogP contribution in [0.4, 0.5) is 0 Å². The van der Waals surface area contributed by atoms with Gasteiger partial charge in [-0.1, -0.05) is 63.3 Å². The number of hydrogen-bond donors (Lipinski definition) is 2. The molecule has 0 amide bonds. The lowest BCUT2D eigenvalue weighted by atomic mass is 9.87. The van der Waals surface area contributed by atoms with Gasteiger partial charge in [0.1, 0.15) is 0 Å². The second-order valence-corrected chi connectivity index (χ2v) is 5.95. The summed E-state index contributed by atoms with van der Waals surface area (Å²) < 4.78 is 0. The van der Waals surface area contributed by atoms with Crippen LogP contribution < -0.4 is 0 Å². The van der Waals surface area contributed by atoms with Gasteiger partial charge in [0.15, 0.2) is 11.5 Å². The number of rotatable bonds is 2. The Bertz CT molecular complexity index is 617. The highest BCUT2D eigenvalue weighted by Crippen LogP contribution is 2.26. The van der Waals surface area contributed by atoms with Gasteiger partial charge in [-0.15, -0.1) is 0 Å². The Labute approximate surface area is 120 Å². The smallest absolute Gasteiger partial charge is 0.157 e. The molecule has 0 aromatic heterocycles. The van der Waals surface area contributed by atoms with Crippen molar-refractivity contribution < 1.29 is 10.2 Å². The standard InChI is InChI=1S/C18H20O2/c1-18(2,3)15-9-6-13(7-10-15)4-5-14-8-11-16(19)17(20)12-14/h4-12,19-20H,1-3H3/b5-4+. The minimum atomic E-state index is -0.102. The summed E-state index contributed by atoms with van der Waals surface area (Å²) in [5.41, 5.74) is 3.41. The Balaban J connectivity index is 2.17. The van der Waals surface area contributed by atoms with E-state index >= 15 is 0 Å². The fourth-order valence-corrected chi connectivity index (χ4v) is 1.93. The summed E-state index contributed by atoms with van der Waals surface area (Å²) in [7, 11) is 0. The number of phenolic OH excluding ortho intramolecular Hbond substituents is 2. The van der Waals surface area contributed by atoms with Gasteiger partial charge in [0.25, 0.3) is 0 Å². The molecule has 2 heteroatoms. The molecule has 0 unspecified atom stereocenters. The molecule has 2 aromatic carbocycles. The molecule has 2 nitrogen and oxygen atoms in total. The Hall–Kier alpha value is -2.22. The van der Waals surface area contributed by atoms with Crippen LogP contribution in [0.2, 0.25) is 0 Å². The van der Waals surface area contributed by atoms with Gasteiger partial charge in [0.05, 0.1) is 0 Å². The maximum atomic E-state index is 9.44. The van der Waals surface area contributed by atoms with Crippen LogP contribution >= 0.6 is 0 Å². The molecule has 0 saturated carbocycles. The molecule has 0 spiro atoms. The molecule has 0 atom stereocenters. The van der Waals surface area contributed by atoms with E-state index in [0.717, 1.165) is 11.1 Å². The monoisotopic (exact) mass is 268 g/mol. The van der Waals surface area contributed by atoms with Crippen LogP contribution in [0.25, 0.3) is 12.2 Å². The van der Waals surface area contributed by atoms with Crippen molar-refractivity contribution in [2.24, 2.45) is 0 Å². The highest BCUT2D eigenvalue weighted by molar-refractivity contribution is 5.70. The summed E-state index contributed by atoms with van der Waals surface area (Å²) >= 11 is 0. The van der Waals surface area contributed by atoms with Gasteiger partial charge in [0, 0.05) is 0 Å². The first-order chi connectivity index (χ1) is 9.36. The number of hydrogen-bond acceptors (Lipinski definition) is 2. The summed E-state index contributed by atoms with van der Waals surface area (Å²) in [5, 5.41) is 18.7. The maximum Gasteiger partial charge on any atom is 0.157 e. The molecule has 0 aliphatic carbocycles. The molecule has 0 saturated heterocycles. The number of aromatic hydroxyl groups is 2. The predicted octanol–water partition coefficient (Wildman–Crippen LogP) is 4.57. The van der Waals surface area contributed by atoms with Gasteiger partial charge < -0.3 is 10.2 Å². The van der Waals surface area contributed by atoms with Crippen molar-refractivity contribution >= 4 is 12.2 Å². The maximum absolute atomic E-state index is 9.44. The topological polar surface area (TPSA) is 40.5 Å². The van der Waals surface area contributed by atoms with E-state index in [9.17, 15) is 10.2 Å². The van der Waals surface area contributed by atoms with Gasteiger partial charge in [0.2, 0.25) is 0 Å². The van der Waals surface area contributed by atoms with Crippen LogP contribution in [0.15, 0.2) is 42.5 Å². The fraction of sp³-hybridized carbons (Fsp3) is 0.222. The van der Waals surface area contributed by atoms with E-state index in [-0.39, 0.29) is 16.9 Å². The molecule has 2 rings (SSSR count). The van der Waals surface area contributed by atoms with Crippen LogP contribution in [-0.4, -0.2) is 10.2 Å². The fourth-order valence-electron chi connectivity index (χ4n) is 1.93. The van der Waals surface area contributed by atoms with E-state index in [4.69, 9.17) is 0 Å². The highest BCUT2D eigenvalue weighted by Gasteiger charge is 2.12. The molecule has 0 heterocycles. The van der Waals surface area contributed by atoms with Crippen molar-refractivity contribution in [3.05, 3.63) is 59.2 Å². The molecule has 0 fully saturated rings. The first-order valence-corrected chi connectivity index (χ1v) is 6.67. The lowest BCUT2D eigenvalue weighted by Crippen LogP contribution is -2.10. The third-order valence-corrected chi connectivity index (χ3v) is 3.24. The van der Waals surface area contributed by atoms with E-state index in [1.54, 1.807) is 6.07 Å². The van der Waals surface area contributed by atoms with E-state index in [2.05, 4.69) is 45.0 Å². The first-order valence-electron chi connectivity index (χ1n) is 6.67. The molecule has 104 valence electrons. The van der Waals surface area contributed by atoms with Crippen molar-refractivity contribution in [1.82, 2.24) is 0 Å². The zero-order valence-corrected chi connectivity index (χ0v) is 12.1. The van der Waals surface area contributed by atoms with Crippen molar-refractivity contribution in [1.29, 1.82) is 0 Å². The zero-order chi connectivity index (χ0) is 14.8. The summed E-state index contributed by atoms with van der Waals surface area (Å²) in [5.74, 6) is -0.202. The third kappa shape index (κ3) is 3.41. The Morgan fingerprint density at radius 2 is 1.30 bits per heavy atom. The zero-order valence-electron chi connectivity index (χ0n) is 12.1. The molecule has 0 radical (unpaired) electrons. The van der Waals surface area contributed by atoms with Crippen LogP contribution in [0.5, 0.6) is 11.5 Å². The largest absolute Gasteiger partial charge is 0.504 e. The SMILES string of the molecule is CC(C)(C)c1ccc(/C=C/c2ccc(O)c(O)c2)cc1. The van der Waals surface area contributed by atoms with Crippen molar-refractivity contribution in [3.63, 3.8) is 0 Å². The van der Waals surface area contributed by atoms with Crippen LogP contribution in [-0.2, 0) is 5.41 Å². The molecule has 2 aromatic rings. The van der Waals surface area contributed by atoms with Gasteiger partial charge in [-0.2, -0.15) is 0 Å². The van der Waals surface area contributed by atoms with Crippen LogP contribution in [0.3, 0.4) is 0 Å². The number of benzene rings is 2. The van der Waals surface area contributed by atoms with Gasteiger partial charge >= 0.3 is 0 Å². The van der Waals surface area contributed by atoms with Crippen molar-refractivity contribution in [2.45, 2.75) is 26.2 Å². The summed E-state index contributed by atoms with van der Waals surface area (Å²) in [6, 6.07) is 13.2. The second-order valence-electron chi connectivity index (χ2n) is 5.95. The third-order valence-electron chi connectivity index (χ3n) is 3.24. The second kappa shape index (κ2) is 5.41.